The van der Waals surface area contributed by atoms with Crippen LogP contribution in [-0.2, 0) is 46.8 Å². The van der Waals surface area contributed by atoms with Crippen molar-refractivity contribution in [2.24, 2.45) is 7.05 Å². The SMILES string of the molecule is Cn1c(=O)n(C2CCC(=O)NC2=O)c2cccc(CCCOCCOCCOCCOCC(=O)N3CCN(C4CCCCC4)CC3)c21. The van der Waals surface area contributed by atoms with Crippen molar-refractivity contribution in [3.05, 3.63) is 34.2 Å². The molecule has 1 aromatic carbocycles. The van der Waals surface area contributed by atoms with Gasteiger partial charge in [-0.15, -0.1) is 0 Å². The Morgan fingerprint density at radius 2 is 1.49 bits per heavy atom. The summed E-state index contributed by atoms with van der Waals surface area (Å²) < 4.78 is 25.5. The van der Waals surface area contributed by atoms with E-state index in [9.17, 15) is 19.2 Å². The summed E-state index contributed by atoms with van der Waals surface area (Å²) in [4.78, 5) is 54.1. The number of aryl methyl sites for hydroxylation is 2. The Morgan fingerprint density at radius 1 is 0.830 bits per heavy atom. The molecule has 2 saturated heterocycles. The van der Waals surface area contributed by atoms with E-state index in [1.807, 2.05) is 23.1 Å². The van der Waals surface area contributed by atoms with E-state index in [0.717, 1.165) is 43.7 Å². The first-order valence-corrected chi connectivity index (χ1v) is 17.3. The quantitative estimate of drug-likeness (QED) is 0.200. The number of aromatic nitrogens is 2. The highest BCUT2D eigenvalue weighted by atomic mass is 16.6. The molecule has 1 aliphatic carbocycles. The number of hydrogen-bond acceptors (Lipinski definition) is 9. The lowest BCUT2D eigenvalue weighted by Crippen LogP contribution is -2.53. The normalized spacial score (nSPS) is 19.9. The first-order chi connectivity index (χ1) is 22.9. The standard InChI is InChI=1S/C34H51N5O8/c1-36-32-26(7-5-11-28(32)39(34(36)43)29-12-13-30(40)35-33(29)42)8-6-18-44-19-20-45-21-22-46-23-24-47-25-31(41)38-16-14-37(15-17-38)27-9-3-2-4-10-27/h5,7,11,27,29H,2-4,6,8-10,12-25H2,1H3,(H,35,40,42). The summed E-state index contributed by atoms with van der Waals surface area (Å²) in [6, 6.07) is 5.73. The van der Waals surface area contributed by atoms with Gasteiger partial charge in [0.2, 0.25) is 17.7 Å². The number of para-hydroxylation sites is 1. The summed E-state index contributed by atoms with van der Waals surface area (Å²) in [5.41, 5.74) is 2.23. The lowest BCUT2D eigenvalue weighted by Gasteiger charge is -2.40. The molecule has 2 aromatic rings. The van der Waals surface area contributed by atoms with Crippen LogP contribution in [0, 0.1) is 0 Å². The highest BCUT2D eigenvalue weighted by molar-refractivity contribution is 6.00. The third-order valence-electron chi connectivity index (χ3n) is 9.54. The fraction of sp³-hybridized carbons (Fsp3) is 0.706. The van der Waals surface area contributed by atoms with Gasteiger partial charge in [-0.3, -0.25) is 33.7 Å². The molecule has 1 unspecified atom stereocenters. The van der Waals surface area contributed by atoms with E-state index >= 15 is 0 Å². The van der Waals surface area contributed by atoms with Crippen molar-refractivity contribution >= 4 is 28.8 Å². The molecule has 0 spiro atoms. The molecule has 260 valence electrons. The van der Waals surface area contributed by atoms with Gasteiger partial charge in [0, 0.05) is 52.3 Å². The average molecular weight is 658 g/mol. The summed E-state index contributed by atoms with van der Waals surface area (Å²) >= 11 is 0. The Kier molecular flexibility index (Phi) is 13.4. The average Bonchev–Trinajstić information content (AvgIpc) is 3.34. The summed E-state index contributed by atoms with van der Waals surface area (Å²) in [5.74, 6) is -0.684. The molecule has 3 heterocycles. The van der Waals surface area contributed by atoms with Crippen molar-refractivity contribution in [2.75, 3.05) is 79.0 Å². The van der Waals surface area contributed by atoms with Crippen molar-refractivity contribution in [2.45, 2.75) is 69.9 Å². The Morgan fingerprint density at radius 3 is 2.17 bits per heavy atom. The molecule has 3 fully saturated rings. The number of carbonyl (C=O) groups excluding carboxylic acids is 3. The van der Waals surface area contributed by atoms with Gasteiger partial charge < -0.3 is 23.8 Å². The van der Waals surface area contributed by atoms with Gasteiger partial charge in [0.25, 0.3) is 0 Å². The van der Waals surface area contributed by atoms with Crippen LogP contribution in [0.5, 0.6) is 0 Å². The Labute approximate surface area is 276 Å². The smallest absolute Gasteiger partial charge is 0.329 e. The summed E-state index contributed by atoms with van der Waals surface area (Å²) in [5, 5.41) is 2.35. The van der Waals surface area contributed by atoms with Crippen LogP contribution in [0.25, 0.3) is 11.0 Å². The van der Waals surface area contributed by atoms with E-state index in [0.29, 0.717) is 70.6 Å². The molecule has 47 heavy (non-hydrogen) atoms. The first kappa shape index (κ1) is 35.2. The second-order valence-electron chi connectivity index (χ2n) is 12.7. The van der Waals surface area contributed by atoms with E-state index < -0.39 is 11.9 Å². The minimum atomic E-state index is -0.695. The fourth-order valence-corrected chi connectivity index (χ4v) is 7.01. The highest BCUT2D eigenvalue weighted by Gasteiger charge is 2.31. The first-order valence-electron chi connectivity index (χ1n) is 17.3. The Balaban J connectivity index is 0.876. The van der Waals surface area contributed by atoms with Crippen LogP contribution in [0.4, 0.5) is 0 Å². The molecule has 0 bridgehead atoms. The third-order valence-corrected chi connectivity index (χ3v) is 9.54. The number of amides is 3. The van der Waals surface area contributed by atoms with Crippen LogP contribution in [0.2, 0.25) is 0 Å². The van der Waals surface area contributed by atoms with Crippen LogP contribution >= 0.6 is 0 Å². The minimum Gasteiger partial charge on any atom is -0.379 e. The number of piperidine rings is 1. The molecule has 3 aliphatic rings. The minimum absolute atomic E-state index is 0.0585. The predicted molar refractivity (Wildman–Crippen MR) is 175 cm³/mol. The maximum atomic E-state index is 13.1. The molecule has 3 amide bonds. The molecule has 1 atom stereocenters. The van der Waals surface area contributed by atoms with Crippen LogP contribution in [0.1, 0.15) is 63.0 Å². The van der Waals surface area contributed by atoms with E-state index in [1.165, 1.54) is 36.7 Å². The topological polar surface area (TPSA) is 134 Å². The predicted octanol–water partition coefficient (Wildman–Crippen LogP) is 1.79. The maximum absolute atomic E-state index is 13.1. The molecule has 1 N–H and O–H groups in total. The molecule has 13 heteroatoms. The van der Waals surface area contributed by atoms with Crippen LogP contribution in [0.15, 0.2) is 23.0 Å². The number of carbonyl (C=O) groups is 3. The lowest BCUT2D eigenvalue weighted by molar-refractivity contribution is -0.139. The second-order valence-corrected chi connectivity index (χ2v) is 12.7. The van der Waals surface area contributed by atoms with Crippen LogP contribution < -0.4 is 11.0 Å². The van der Waals surface area contributed by atoms with Gasteiger partial charge >= 0.3 is 5.69 Å². The van der Waals surface area contributed by atoms with Crippen molar-refractivity contribution in [1.82, 2.24) is 24.3 Å². The number of hydrogen-bond donors (Lipinski definition) is 1. The lowest BCUT2D eigenvalue weighted by atomic mass is 9.94. The van der Waals surface area contributed by atoms with Crippen LogP contribution in [-0.4, -0.2) is 122 Å². The van der Waals surface area contributed by atoms with Gasteiger partial charge in [0.15, 0.2) is 0 Å². The zero-order valence-electron chi connectivity index (χ0n) is 27.8. The van der Waals surface area contributed by atoms with E-state index in [2.05, 4.69) is 10.2 Å². The maximum Gasteiger partial charge on any atom is 0.329 e. The summed E-state index contributed by atoms with van der Waals surface area (Å²) in [7, 11) is 1.71. The molecule has 1 saturated carbocycles. The van der Waals surface area contributed by atoms with Crippen LogP contribution in [0.3, 0.4) is 0 Å². The number of imide groups is 1. The summed E-state index contributed by atoms with van der Waals surface area (Å²) in [6.45, 7) is 6.78. The number of nitrogens with zero attached hydrogens (tertiary/aromatic N) is 4. The van der Waals surface area contributed by atoms with Gasteiger partial charge in [-0.05, 0) is 43.7 Å². The van der Waals surface area contributed by atoms with E-state index in [-0.39, 0.29) is 30.5 Å². The molecule has 0 radical (unpaired) electrons. The number of ether oxygens (including phenoxy) is 4. The van der Waals surface area contributed by atoms with E-state index in [4.69, 9.17) is 18.9 Å². The van der Waals surface area contributed by atoms with Crippen molar-refractivity contribution in [3.8, 4) is 0 Å². The van der Waals surface area contributed by atoms with E-state index in [1.54, 1.807) is 11.6 Å². The van der Waals surface area contributed by atoms with Crippen molar-refractivity contribution in [3.63, 3.8) is 0 Å². The fourth-order valence-electron chi connectivity index (χ4n) is 7.01. The molecular formula is C34H51N5O8. The largest absolute Gasteiger partial charge is 0.379 e. The molecule has 13 nitrogen and oxygen atoms in total. The Hall–Kier alpha value is -3.10. The number of rotatable bonds is 17. The molecule has 5 rings (SSSR count). The number of piperazine rings is 1. The van der Waals surface area contributed by atoms with Gasteiger partial charge in [-0.2, -0.15) is 0 Å². The number of benzene rings is 1. The van der Waals surface area contributed by atoms with Gasteiger partial charge in [0.1, 0.15) is 12.6 Å². The second kappa shape index (κ2) is 17.9. The van der Waals surface area contributed by atoms with Gasteiger partial charge in [-0.1, -0.05) is 31.4 Å². The zero-order chi connectivity index (χ0) is 33.0. The highest BCUT2D eigenvalue weighted by Crippen LogP contribution is 2.26. The molecule has 2 aliphatic heterocycles. The zero-order valence-corrected chi connectivity index (χ0v) is 27.8. The molecule has 1 aromatic heterocycles. The number of nitrogens with one attached hydrogen (secondary N) is 1. The number of imidazole rings is 1. The van der Waals surface area contributed by atoms with Gasteiger partial charge in [-0.25, -0.2) is 4.79 Å². The number of fused-ring (bicyclic) bond motifs is 1. The third kappa shape index (κ3) is 9.50. The molecular weight excluding hydrogens is 606 g/mol. The van der Waals surface area contributed by atoms with Crippen molar-refractivity contribution < 1.29 is 33.3 Å². The Bertz CT molecular complexity index is 1390. The monoisotopic (exact) mass is 657 g/mol. The van der Waals surface area contributed by atoms with Gasteiger partial charge in [0.05, 0.1) is 50.7 Å². The van der Waals surface area contributed by atoms with Crippen molar-refractivity contribution in [1.29, 1.82) is 0 Å². The summed E-state index contributed by atoms with van der Waals surface area (Å²) in [6.07, 6.45) is 8.63.